The highest BCUT2D eigenvalue weighted by Gasteiger charge is 2.03. The average Bonchev–Trinajstić information content (AvgIpc) is 2.26. The van der Waals surface area contributed by atoms with Gasteiger partial charge in [0.05, 0.1) is 12.6 Å². The molecule has 1 unspecified atom stereocenters. The number of ether oxygens (including phenoxy) is 1. The van der Waals surface area contributed by atoms with Crippen LogP contribution >= 0.6 is 0 Å². The molecule has 0 saturated heterocycles. The molecular weight excluding hydrogens is 190 g/mol. The van der Waals surface area contributed by atoms with E-state index in [1.165, 1.54) is 0 Å². The second-order valence-corrected chi connectivity index (χ2v) is 3.60. The maximum atomic E-state index is 8.87. The number of nitrogens with two attached hydrogens (primary N) is 1. The zero-order valence-corrected chi connectivity index (χ0v) is 8.94. The highest BCUT2D eigenvalue weighted by molar-refractivity contribution is 5.29. The summed E-state index contributed by atoms with van der Waals surface area (Å²) in [5.74, 6) is 0.784. The van der Waals surface area contributed by atoms with Gasteiger partial charge in [0.15, 0.2) is 0 Å². The molecule has 0 aliphatic heterocycles. The lowest BCUT2D eigenvalue weighted by Gasteiger charge is -2.10. The fourth-order valence-corrected chi connectivity index (χ4v) is 1.12. The normalized spacial score (nSPS) is 12.2. The van der Waals surface area contributed by atoms with Crippen LogP contribution in [0.2, 0.25) is 0 Å². The molecule has 0 aliphatic carbocycles. The summed E-state index contributed by atoms with van der Waals surface area (Å²) in [6.45, 7) is 6.13. The molecule has 1 rings (SSSR count). The van der Waals surface area contributed by atoms with Gasteiger partial charge in [-0.05, 0) is 30.2 Å². The standard InChI is InChI=1S/C12H17NO2/c1-9(2)8-15-11-5-3-10(4-6-11)12(13)7-14/h3-6,12,14H,1,7-8,13H2,2H3. The summed E-state index contributed by atoms with van der Waals surface area (Å²) in [7, 11) is 0. The van der Waals surface area contributed by atoms with Gasteiger partial charge < -0.3 is 15.6 Å². The molecule has 0 bridgehead atoms. The van der Waals surface area contributed by atoms with E-state index in [9.17, 15) is 0 Å². The van der Waals surface area contributed by atoms with E-state index < -0.39 is 0 Å². The summed E-state index contributed by atoms with van der Waals surface area (Å²) in [5.41, 5.74) is 7.54. The van der Waals surface area contributed by atoms with Crippen molar-refractivity contribution in [1.29, 1.82) is 0 Å². The predicted octanol–water partition coefficient (Wildman–Crippen LogP) is 1.63. The van der Waals surface area contributed by atoms with Crippen LogP contribution in [-0.4, -0.2) is 18.3 Å². The monoisotopic (exact) mass is 207 g/mol. The van der Waals surface area contributed by atoms with Crippen LogP contribution in [0.15, 0.2) is 36.4 Å². The van der Waals surface area contributed by atoms with Crippen molar-refractivity contribution in [1.82, 2.24) is 0 Å². The molecule has 3 heteroatoms. The number of benzene rings is 1. The van der Waals surface area contributed by atoms with Gasteiger partial charge in [-0.1, -0.05) is 18.7 Å². The van der Waals surface area contributed by atoms with Crippen LogP contribution in [0, 0.1) is 0 Å². The van der Waals surface area contributed by atoms with Gasteiger partial charge in [0, 0.05) is 0 Å². The molecule has 1 aromatic carbocycles. The van der Waals surface area contributed by atoms with E-state index in [-0.39, 0.29) is 12.6 Å². The van der Waals surface area contributed by atoms with E-state index in [2.05, 4.69) is 6.58 Å². The Kier molecular flexibility index (Phi) is 4.34. The zero-order chi connectivity index (χ0) is 11.3. The lowest BCUT2D eigenvalue weighted by molar-refractivity contribution is 0.268. The third-order valence-electron chi connectivity index (χ3n) is 1.99. The Morgan fingerprint density at radius 2 is 2.07 bits per heavy atom. The minimum atomic E-state index is -0.319. The Morgan fingerprint density at radius 1 is 1.47 bits per heavy atom. The fourth-order valence-electron chi connectivity index (χ4n) is 1.12. The first-order valence-corrected chi connectivity index (χ1v) is 4.87. The van der Waals surface area contributed by atoms with Gasteiger partial charge in [-0.15, -0.1) is 0 Å². The third kappa shape index (κ3) is 3.73. The summed E-state index contributed by atoms with van der Waals surface area (Å²) in [4.78, 5) is 0. The van der Waals surface area contributed by atoms with Crippen LogP contribution < -0.4 is 10.5 Å². The highest BCUT2D eigenvalue weighted by atomic mass is 16.5. The minimum absolute atomic E-state index is 0.0496. The quantitative estimate of drug-likeness (QED) is 0.721. The van der Waals surface area contributed by atoms with Crippen LogP contribution in [0.3, 0.4) is 0 Å². The van der Waals surface area contributed by atoms with E-state index in [1.807, 2.05) is 31.2 Å². The SMILES string of the molecule is C=C(C)COc1ccc(C(N)CO)cc1. The molecule has 0 spiro atoms. The molecule has 3 N–H and O–H groups in total. The molecule has 0 saturated carbocycles. The average molecular weight is 207 g/mol. The van der Waals surface area contributed by atoms with Crippen molar-refractivity contribution >= 4 is 0 Å². The maximum absolute atomic E-state index is 8.87. The molecule has 0 aromatic heterocycles. The van der Waals surface area contributed by atoms with E-state index in [1.54, 1.807) is 0 Å². The molecular formula is C12H17NO2. The van der Waals surface area contributed by atoms with Gasteiger partial charge in [-0.3, -0.25) is 0 Å². The Labute approximate surface area is 90.2 Å². The van der Waals surface area contributed by atoms with Gasteiger partial charge in [0.25, 0.3) is 0 Å². The molecule has 0 radical (unpaired) electrons. The predicted molar refractivity (Wildman–Crippen MR) is 60.8 cm³/mol. The van der Waals surface area contributed by atoms with Crippen LogP contribution in [-0.2, 0) is 0 Å². The molecule has 15 heavy (non-hydrogen) atoms. The summed E-state index contributed by atoms with van der Waals surface area (Å²) in [6.07, 6.45) is 0. The van der Waals surface area contributed by atoms with Crippen molar-refractivity contribution in [2.24, 2.45) is 5.73 Å². The second kappa shape index (κ2) is 5.53. The van der Waals surface area contributed by atoms with Gasteiger partial charge in [0.2, 0.25) is 0 Å². The summed E-state index contributed by atoms with van der Waals surface area (Å²) in [5, 5.41) is 8.87. The fraction of sp³-hybridized carbons (Fsp3) is 0.333. The van der Waals surface area contributed by atoms with Crippen molar-refractivity contribution in [2.75, 3.05) is 13.2 Å². The summed E-state index contributed by atoms with van der Waals surface area (Å²) >= 11 is 0. The highest BCUT2D eigenvalue weighted by Crippen LogP contribution is 2.16. The number of rotatable bonds is 5. The topological polar surface area (TPSA) is 55.5 Å². The second-order valence-electron chi connectivity index (χ2n) is 3.60. The maximum Gasteiger partial charge on any atom is 0.119 e. The molecule has 0 aliphatic rings. The number of hydrogen-bond acceptors (Lipinski definition) is 3. The van der Waals surface area contributed by atoms with Crippen LogP contribution in [0.1, 0.15) is 18.5 Å². The first-order chi connectivity index (χ1) is 7.13. The van der Waals surface area contributed by atoms with E-state index in [4.69, 9.17) is 15.6 Å². The van der Waals surface area contributed by atoms with Crippen LogP contribution in [0.5, 0.6) is 5.75 Å². The lowest BCUT2D eigenvalue weighted by Crippen LogP contribution is -2.14. The largest absolute Gasteiger partial charge is 0.489 e. The Morgan fingerprint density at radius 3 is 2.53 bits per heavy atom. The van der Waals surface area contributed by atoms with E-state index >= 15 is 0 Å². The Hall–Kier alpha value is -1.32. The van der Waals surface area contributed by atoms with Crippen molar-refractivity contribution < 1.29 is 9.84 Å². The molecule has 0 amide bonds. The first kappa shape index (κ1) is 11.8. The summed E-state index contributed by atoms with van der Waals surface area (Å²) < 4.78 is 5.43. The third-order valence-corrected chi connectivity index (χ3v) is 1.99. The van der Waals surface area contributed by atoms with Gasteiger partial charge in [0.1, 0.15) is 12.4 Å². The summed E-state index contributed by atoms with van der Waals surface area (Å²) in [6, 6.07) is 7.07. The Balaban J connectivity index is 2.60. The van der Waals surface area contributed by atoms with Crippen molar-refractivity contribution in [3.8, 4) is 5.75 Å². The number of aliphatic hydroxyl groups is 1. The smallest absolute Gasteiger partial charge is 0.119 e. The molecule has 0 fully saturated rings. The van der Waals surface area contributed by atoms with Gasteiger partial charge in [-0.2, -0.15) is 0 Å². The molecule has 82 valence electrons. The van der Waals surface area contributed by atoms with E-state index in [0.717, 1.165) is 16.9 Å². The van der Waals surface area contributed by atoms with Gasteiger partial charge >= 0.3 is 0 Å². The van der Waals surface area contributed by atoms with Crippen molar-refractivity contribution in [3.05, 3.63) is 42.0 Å². The van der Waals surface area contributed by atoms with Crippen LogP contribution in [0.4, 0.5) is 0 Å². The number of hydrogen-bond donors (Lipinski definition) is 2. The minimum Gasteiger partial charge on any atom is -0.489 e. The zero-order valence-electron chi connectivity index (χ0n) is 8.94. The van der Waals surface area contributed by atoms with E-state index in [0.29, 0.717) is 6.61 Å². The molecule has 1 aromatic rings. The first-order valence-electron chi connectivity index (χ1n) is 4.87. The lowest BCUT2D eigenvalue weighted by atomic mass is 10.1. The molecule has 1 atom stereocenters. The Bertz CT molecular complexity index is 319. The van der Waals surface area contributed by atoms with Gasteiger partial charge in [-0.25, -0.2) is 0 Å². The molecule has 0 heterocycles. The van der Waals surface area contributed by atoms with Crippen molar-refractivity contribution in [2.45, 2.75) is 13.0 Å². The van der Waals surface area contributed by atoms with Crippen LogP contribution in [0.25, 0.3) is 0 Å². The van der Waals surface area contributed by atoms with Crippen molar-refractivity contribution in [3.63, 3.8) is 0 Å². The number of aliphatic hydroxyl groups excluding tert-OH is 1. The molecule has 3 nitrogen and oxygen atoms in total.